The summed E-state index contributed by atoms with van der Waals surface area (Å²) in [6.07, 6.45) is 4.53. The summed E-state index contributed by atoms with van der Waals surface area (Å²) in [6, 6.07) is 6.49. The molecule has 0 aliphatic rings. The third kappa shape index (κ3) is 3.37. The van der Waals surface area contributed by atoms with Crippen molar-refractivity contribution in [3.63, 3.8) is 0 Å². The molecule has 0 amide bonds. The maximum Gasteiger partial charge on any atom is 0.169 e. The van der Waals surface area contributed by atoms with E-state index in [-0.39, 0.29) is 27.4 Å². The first-order valence-electron chi connectivity index (χ1n) is 8.29. The predicted octanol–water partition coefficient (Wildman–Crippen LogP) is 3.74. The second-order valence-electron chi connectivity index (χ2n) is 6.09. The van der Waals surface area contributed by atoms with Crippen molar-refractivity contribution in [2.45, 2.75) is 6.92 Å². The number of nitriles is 1. The van der Waals surface area contributed by atoms with Gasteiger partial charge in [0.1, 0.15) is 41.5 Å². The molecule has 1 aromatic carbocycles. The number of nitrogens with one attached hydrogen (secondary N) is 1. The number of fused-ring (bicyclic) bond motifs is 1. The number of hydrogen-bond acceptors (Lipinski definition) is 7. The highest BCUT2D eigenvalue weighted by atomic mass is 35.5. The molecule has 0 spiro atoms. The van der Waals surface area contributed by atoms with Crippen LogP contribution >= 0.6 is 11.6 Å². The third-order valence-electron chi connectivity index (χ3n) is 4.12. The van der Waals surface area contributed by atoms with Crippen molar-refractivity contribution in [3.8, 4) is 11.8 Å². The summed E-state index contributed by atoms with van der Waals surface area (Å²) in [6.45, 7) is 1.81. The molecule has 0 bridgehead atoms. The van der Waals surface area contributed by atoms with Gasteiger partial charge in [-0.15, -0.1) is 0 Å². The highest BCUT2D eigenvalue weighted by Gasteiger charge is 2.18. The van der Waals surface area contributed by atoms with Gasteiger partial charge in [0, 0.05) is 23.5 Å². The van der Waals surface area contributed by atoms with Gasteiger partial charge in [-0.2, -0.15) is 10.4 Å². The zero-order valence-corrected chi connectivity index (χ0v) is 15.6. The first kappa shape index (κ1) is 18.5. The van der Waals surface area contributed by atoms with Crippen LogP contribution in [0.3, 0.4) is 0 Å². The van der Waals surface area contributed by atoms with E-state index >= 15 is 0 Å². The van der Waals surface area contributed by atoms with Gasteiger partial charge in [-0.25, -0.2) is 24.0 Å². The summed E-state index contributed by atoms with van der Waals surface area (Å²) in [4.78, 5) is 23.3. The molecule has 0 saturated heterocycles. The molecule has 0 atom stereocenters. The largest absolute Gasteiger partial charge is 0.324 e. The van der Waals surface area contributed by atoms with Crippen LogP contribution in [0.4, 0.5) is 16.0 Å². The van der Waals surface area contributed by atoms with Gasteiger partial charge in [-0.05, 0) is 19.1 Å². The van der Waals surface area contributed by atoms with Crippen LogP contribution < -0.4 is 5.32 Å². The van der Waals surface area contributed by atoms with E-state index in [2.05, 4.69) is 25.4 Å². The van der Waals surface area contributed by atoms with E-state index in [0.29, 0.717) is 23.3 Å². The average molecular weight is 408 g/mol. The number of pyridine rings is 1. The van der Waals surface area contributed by atoms with Gasteiger partial charge in [0.25, 0.3) is 0 Å². The highest BCUT2D eigenvalue weighted by Crippen LogP contribution is 2.30. The summed E-state index contributed by atoms with van der Waals surface area (Å²) in [5.41, 5.74) is 1.40. The van der Waals surface area contributed by atoms with Crippen LogP contribution in [0.2, 0.25) is 5.02 Å². The number of carbonyl (C=O) groups is 1. The molecule has 3 aromatic heterocycles. The molecule has 1 N–H and O–H groups in total. The number of rotatable bonds is 4. The van der Waals surface area contributed by atoms with E-state index in [0.717, 1.165) is 11.9 Å². The topological polar surface area (TPSA) is 109 Å². The van der Waals surface area contributed by atoms with Gasteiger partial charge in [-0.3, -0.25) is 4.79 Å². The van der Waals surface area contributed by atoms with Gasteiger partial charge in [-0.1, -0.05) is 11.6 Å². The Balaban J connectivity index is 1.88. The summed E-state index contributed by atoms with van der Waals surface area (Å²) in [5, 5.41) is 17.2. The van der Waals surface area contributed by atoms with Crippen molar-refractivity contribution in [2.24, 2.45) is 0 Å². The average Bonchev–Trinajstić information content (AvgIpc) is 3.15. The Morgan fingerprint density at radius 1 is 1.28 bits per heavy atom. The Morgan fingerprint density at radius 2 is 2.10 bits per heavy atom. The standard InChI is InChI=1S/C19H11ClFN7O/c1-10-2-16(25-9-24-10)26-19-13-7-28(27-17(13)15(21)6-23-19)18-12(5-22)3-11(8-29)4-14(18)20/h2-4,6-9H,1H3,(H,23,24,25,26). The maximum atomic E-state index is 14.4. The van der Waals surface area contributed by atoms with E-state index in [1.54, 1.807) is 6.07 Å². The van der Waals surface area contributed by atoms with E-state index in [1.807, 2.05) is 13.0 Å². The number of carbonyl (C=O) groups excluding carboxylic acids is 1. The van der Waals surface area contributed by atoms with Gasteiger partial charge < -0.3 is 5.32 Å². The van der Waals surface area contributed by atoms with E-state index in [9.17, 15) is 14.4 Å². The zero-order chi connectivity index (χ0) is 20.5. The number of aryl methyl sites for hydroxylation is 1. The molecule has 0 saturated carbocycles. The molecule has 0 unspecified atom stereocenters. The lowest BCUT2D eigenvalue weighted by Gasteiger charge is -2.07. The smallest absolute Gasteiger partial charge is 0.169 e. The molecule has 142 valence electrons. The minimum Gasteiger partial charge on any atom is -0.324 e. The molecule has 0 fully saturated rings. The molecule has 4 aromatic rings. The van der Waals surface area contributed by atoms with E-state index < -0.39 is 5.82 Å². The number of halogens is 2. The lowest BCUT2D eigenvalue weighted by atomic mass is 10.1. The SMILES string of the molecule is Cc1cc(Nc2ncc(F)c3nn(-c4c(Cl)cc(C=O)cc4C#N)cc23)ncn1. The fourth-order valence-electron chi connectivity index (χ4n) is 2.84. The first-order valence-corrected chi connectivity index (χ1v) is 8.66. The Morgan fingerprint density at radius 3 is 2.83 bits per heavy atom. The highest BCUT2D eigenvalue weighted by molar-refractivity contribution is 6.33. The quantitative estimate of drug-likeness (QED) is 0.513. The van der Waals surface area contributed by atoms with Gasteiger partial charge in [0.05, 0.1) is 22.2 Å². The third-order valence-corrected chi connectivity index (χ3v) is 4.41. The number of benzene rings is 1. The van der Waals surface area contributed by atoms with Crippen molar-refractivity contribution in [1.82, 2.24) is 24.7 Å². The normalized spacial score (nSPS) is 10.7. The van der Waals surface area contributed by atoms with Crippen molar-refractivity contribution >= 4 is 40.4 Å². The molecule has 4 rings (SSSR count). The second kappa shape index (κ2) is 7.26. The lowest BCUT2D eigenvalue weighted by Crippen LogP contribution is -2.01. The maximum absolute atomic E-state index is 14.4. The number of nitrogens with zero attached hydrogens (tertiary/aromatic N) is 6. The molecule has 10 heteroatoms. The van der Waals surface area contributed by atoms with Crippen molar-refractivity contribution in [2.75, 3.05) is 5.32 Å². The first-order chi connectivity index (χ1) is 14.0. The van der Waals surface area contributed by atoms with Crippen LogP contribution in [0.5, 0.6) is 0 Å². The van der Waals surface area contributed by atoms with Crippen LogP contribution in [0.1, 0.15) is 21.6 Å². The number of anilines is 2. The Kier molecular flexibility index (Phi) is 4.62. The van der Waals surface area contributed by atoms with Crippen LogP contribution in [0, 0.1) is 24.1 Å². The van der Waals surface area contributed by atoms with Crippen molar-refractivity contribution in [3.05, 3.63) is 64.6 Å². The molecule has 8 nitrogen and oxygen atoms in total. The Bertz CT molecular complexity index is 1310. The lowest BCUT2D eigenvalue weighted by molar-refractivity contribution is 0.112. The van der Waals surface area contributed by atoms with Crippen molar-refractivity contribution < 1.29 is 9.18 Å². The molecule has 0 aliphatic carbocycles. The van der Waals surface area contributed by atoms with Gasteiger partial charge in [0.2, 0.25) is 0 Å². The molecule has 0 radical (unpaired) electrons. The molecular weight excluding hydrogens is 397 g/mol. The van der Waals surface area contributed by atoms with Crippen LogP contribution in [0.25, 0.3) is 16.6 Å². The van der Waals surface area contributed by atoms with E-state index in [4.69, 9.17) is 11.6 Å². The van der Waals surface area contributed by atoms with E-state index in [1.165, 1.54) is 29.3 Å². The van der Waals surface area contributed by atoms with Crippen LogP contribution in [-0.2, 0) is 0 Å². The summed E-state index contributed by atoms with van der Waals surface area (Å²) >= 11 is 6.27. The minimum atomic E-state index is -0.637. The summed E-state index contributed by atoms with van der Waals surface area (Å²) < 4.78 is 15.7. The predicted molar refractivity (Wildman–Crippen MR) is 104 cm³/mol. The minimum absolute atomic E-state index is 0.0349. The Labute approximate surface area is 168 Å². The fourth-order valence-corrected chi connectivity index (χ4v) is 3.15. The molecular formula is C19H11ClFN7O. The van der Waals surface area contributed by atoms with Crippen molar-refractivity contribution in [1.29, 1.82) is 5.26 Å². The summed E-state index contributed by atoms with van der Waals surface area (Å²) in [5.74, 6) is 0.170. The van der Waals surface area contributed by atoms with Crippen LogP contribution in [-0.4, -0.2) is 31.0 Å². The Hall–Kier alpha value is -3.90. The number of aromatic nitrogens is 5. The monoisotopic (exact) mass is 407 g/mol. The fraction of sp³-hybridized carbons (Fsp3) is 0.0526. The number of hydrogen-bond donors (Lipinski definition) is 1. The van der Waals surface area contributed by atoms with Gasteiger partial charge >= 0.3 is 0 Å². The molecule has 0 aliphatic heterocycles. The second-order valence-corrected chi connectivity index (χ2v) is 6.50. The molecule has 29 heavy (non-hydrogen) atoms. The summed E-state index contributed by atoms with van der Waals surface area (Å²) in [7, 11) is 0. The zero-order valence-electron chi connectivity index (χ0n) is 14.9. The number of aldehydes is 1. The van der Waals surface area contributed by atoms with Gasteiger partial charge in [0.15, 0.2) is 5.82 Å². The molecule has 3 heterocycles. The van der Waals surface area contributed by atoms with Crippen LogP contribution in [0.15, 0.2) is 36.9 Å².